The topological polar surface area (TPSA) is 44.8 Å². The van der Waals surface area contributed by atoms with Gasteiger partial charge in [0.15, 0.2) is 0 Å². The molecule has 24 heavy (non-hydrogen) atoms. The summed E-state index contributed by atoms with van der Waals surface area (Å²) in [4.78, 5) is 12.2. The Kier molecular flexibility index (Phi) is 5.02. The molecule has 2 heterocycles. The van der Waals surface area contributed by atoms with E-state index >= 15 is 0 Å². The van der Waals surface area contributed by atoms with Gasteiger partial charge in [0.2, 0.25) is 0 Å². The van der Waals surface area contributed by atoms with Crippen molar-refractivity contribution in [2.75, 3.05) is 19.8 Å². The SMILES string of the molecule is CCOC(=O)c1cc(Br)c2c(c1)C(C1CCOCC1)=CC(C)(C)O2. The van der Waals surface area contributed by atoms with E-state index in [4.69, 9.17) is 14.2 Å². The number of ether oxygens (including phenoxy) is 3. The smallest absolute Gasteiger partial charge is 0.338 e. The molecule has 4 nitrogen and oxygen atoms in total. The lowest BCUT2D eigenvalue weighted by Gasteiger charge is -2.36. The van der Waals surface area contributed by atoms with E-state index in [1.807, 2.05) is 13.0 Å². The summed E-state index contributed by atoms with van der Waals surface area (Å²) in [7, 11) is 0. The minimum atomic E-state index is -0.380. The van der Waals surface area contributed by atoms with Gasteiger partial charge in [-0.2, -0.15) is 0 Å². The first-order chi connectivity index (χ1) is 11.4. The molecular weight excluding hydrogens is 372 g/mol. The van der Waals surface area contributed by atoms with Crippen LogP contribution in [0.25, 0.3) is 5.57 Å². The predicted molar refractivity (Wildman–Crippen MR) is 96.3 cm³/mol. The molecule has 0 radical (unpaired) electrons. The minimum absolute atomic E-state index is 0.308. The van der Waals surface area contributed by atoms with Crippen molar-refractivity contribution < 1.29 is 19.0 Å². The summed E-state index contributed by atoms with van der Waals surface area (Å²) < 4.78 is 17.6. The van der Waals surface area contributed by atoms with Crippen LogP contribution in [0.5, 0.6) is 5.75 Å². The average molecular weight is 395 g/mol. The molecule has 0 spiro atoms. The Balaban J connectivity index is 2.07. The first-order valence-corrected chi connectivity index (χ1v) is 9.21. The van der Waals surface area contributed by atoms with E-state index in [9.17, 15) is 4.79 Å². The van der Waals surface area contributed by atoms with Gasteiger partial charge in [-0.15, -0.1) is 0 Å². The number of hydrogen-bond acceptors (Lipinski definition) is 4. The van der Waals surface area contributed by atoms with Crippen molar-refractivity contribution in [2.45, 2.75) is 39.2 Å². The highest BCUT2D eigenvalue weighted by Crippen LogP contribution is 2.46. The van der Waals surface area contributed by atoms with E-state index in [2.05, 4.69) is 35.9 Å². The molecule has 0 aliphatic carbocycles. The van der Waals surface area contributed by atoms with Crippen molar-refractivity contribution in [3.63, 3.8) is 0 Å². The van der Waals surface area contributed by atoms with Gasteiger partial charge in [0.05, 0.1) is 16.6 Å². The fourth-order valence-electron chi connectivity index (χ4n) is 3.33. The molecule has 2 aliphatic rings. The number of carbonyl (C=O) groups is 1. The van der Waals surface area contributed by atoms with Gasteiger partial charge in [-0.25, -0.2) is 4.79 Å². The van der Waals surface area contributed by atoms with E-state index < -0.39 is 0 Å². The monoisotopic (exact) mass is 394 g/mol. The summed E-state index contributed by atoms with van der Waals surface area (Å²) in [6.45, 7) is 7.83. The number of halogens is 1. The van der Waals surface area contributed by atoms with Gasteiger partial charge in [0.25, 0.3) is 0 Å². The fourth-order valence-corrected chi connectivity index (χ4v) is 3.88. The van der Waals surface area contributed by atoms with Gasteiger partial charge in [-0.1, -0.05) is 0 Å². The zero-order valence-electron chi connectivity index (χ0n) is 14.4. The van der Waals surface area contributed by atoms with Crippen LogP contribution in [-0.4, -0.2) is 31.4 Å². The second kappa shape index (κ2) is 6.89. The maximum absolute atomic E-state index is 12.2. The van der Waals surface area contributed by atoms with Crippen LogP contribution in [0, 0.1) is 5.92 Å². The Bertz CT molecular complexity index is 672. The molecular formula is C19H23BrO4. The normalized spacial score (nSPS) is 19.9. The standard InChI is InChI=1S/C19H23BrO4/c1-4-23-18(21)13-9-14-15(12-5-7-22-8-6-12)11-19(2,3)24-17(14)16(20)10-13/h9-12H,4-8H2,1-3H3. The number of carbonyl (C=O) groups excluding carboxylic acids is 1. The molecule has 0 amide bonds. The summed E-state index contributed by atoms with van der Waals surface area (Å²) >= 11 is 3.57. The molecule has 0 aromatic heterocycles. The number of esters is 1. The lowest BCUT2D eigenvalue weighted by molar-refractivity contribution is 0.0526. The highest BCUT2D eigenvalue weighted by molar-refractivity contribution is 9.10. The van der Waals surface area contributed by atoms with Crippen LogP contribution in [-0.2, 0) is 9.47 Å². The highest BCUT2D eigenvalue weighted by Gasteiger charge is 2.33. The molecule has 5 heteroatoms. The predicted octanol–water partition coefficient (Wildman–Crippen LogP) is 4.61. The maximum Gasteiger partial charge on any atom is 0.338 e. The van der Waals surface area contributed by atoms with Gasteiger partial charge in [-0.05, 0) is 79.2 Å². The van der Waals surface area contributed by atoms with E-state index in [-0.39, 0.29) is 11.6 Å². The Labute approximate surface area is 151 Å². The summed E-state index contributed by atoms with van der Waals surface area (Å²) in [5, 5.41) is 0. The van der Waals surface area contributed by atoms with Crippen molar-refractivity contribution in [2.24, 2.45) is 5.92 Å². The molecule has 1 aromatic rings. The lowest BCUT2D eigenvalue weighted by atomic mass is 9.82. The van der Waals surface area contributed by atoms with Gasteiger partial charge in [-0.3, -0.25) is 0 Å². The van der Waals surface area contributed by atoms with Crippen LogP contribution in [0.4, 0.5) is 0 Å². The van der Waals surface area contributed by atoms with Gasteiger partial charge in [0.1, 0.15) is 11.4 Å². The van der Waals surface area contributed by atoms with Crippen molar-refractivity contribution in [1.29, 1.82) is 0 Å². The Morgan fingerprint density at radius 3 is 2.71 bits per heavy atom. The van der Waals surface area contributed by atoms with Crippen LogP contribution >= 0.6 is 15.9 Å². The van der Waals surface area contributed by atoms with Crippen molar-refractivity contribution in [1.82, 2.24) is 0 Å². The van der Waals surface area contributed by atoms with Gasteiger partial charge in [0, 0.05) is 18.8 Å². The lowest BCUT2D eigenvalue weighted by Crippen LogP contribution is -2.31. The van der Waals surface area contributed by atoms with E-state index in [1.54, 1.807) is 6.07 Å². The highest BCUT2D eigenvalue weighted by atomic mass is 79.9. The molecule has 3 rings (SSSR count). The van der Waals surface area contributed by atoms with Crippen LogP contribution in [0.3, 0.4) is 0 Å². The van der Waals surface area contributed by atoms with Crippen molar-refractivity contribution in [3.8, 4) is 5.75 Å². The van der Waals surface area contributed by atoms with Crippen LogP contribution in [0.15, 0.2) is 22.7 Å². The maximum atomic E-state index is 12.2. The zero-order valence-corrected chi connectivity index (χ0v) is 15.9. The van der Waals surface area contributed by atoms with E-state index in [1.165, 1.54) is 5.57 Å². The average Bonchev–Trinajstić information content (AvgIpc) is 2.55. The summed E-state index contributed by atoms with van der Waals surface area (Å²) in [5.41, 5.74) is 2.40. The van der Waals surface area contributed by atoms with Crippen molar-refractivity contribution >= 4 is 27.5 Å². The summed E-state index contributed by atoms with van der Waals surface area (Å²) in [6.07, 6.45) is 4.16. The molecule has 2 aliphatic heterocycles. The third kappa shape index (κ3) is 3.52. The van der Waals surface area contributed by atoms with Crippen molar-refractivity contribution in [3.05, 3.63) is 33.8 Å². The largest absolute Gasteiger partial charge is 0.482 e. The molecule has 1 aromatic carbocycles. The van der Waals surface area contributed by atoms with Gasteiger partial charge >= 0.3 is 5.97 Å². The van der Waals surface area contributed by atoms with E-state index in [0.29, 0.717) is 18.1 Å². The molecule has 0 unspecified atom stereocenters. The first kappa shape index (κ1) is 17.5. The molecule has 1 fully saturated rings. The molecule has 0 atom stereocenters. The number of fused-ring (bicyclic) bond motifs is 1. The molecule has 0 saturated carbocycles. The van der Waals surface area contributed by atoms with Gasteiger partial charge < -0.3 is 14.2 Å². The van der Waals surface area contributed by atoms with Crippen LogP contribution in [0.2, 0.25) is 0 Å². The molecule has 0 bridgehead atoms. The molecule has 130 valence electrons. The van der Waals surface area contributed by atoms with Crippen LogP contribution in [0.1, 0.15) is 49.5 Å². The quantitative estimate of drug-likeness (QED) is 0.702. The molecule has 1 saturated heterocycles. The Morgan fingerprint density at radius 1 is 1.33 bits per heavy atom. The Morgan fingerprint density at radius 2 is 2.04 bits per heavy atom. The Hall–Kier alpha value is -1.33. The van der Waals surface area contributed by atoms with Crippen LogP contribution < -0.4 is 4.74 Å². The number of allylic oxidation sites excluding steroid dienone is 1. The second-order valence-electron chi connectivity index (χ2n) is 6.75. The number of rotatable bonds is 3. The second-order valence-corrected chi connectivity index (χ2v) is 7.60. The third-order valence-electron chi connectivity index (χ3n) is 4.40. The molecule has 0 N–H and O–H groups in total. The number of hydrogen-bond donors (Lipinski definition) is 0. The third-order valence-corrected chi connectivity index (χ3v) is 4.98. The number of benzene rings is 1. The summed E-state index contributed by atoms with van der Waals surface area (Å²) in [5.74, 6) is 0.916. The fraction of sp³-hybridized carbons (Fsp3) is 0.526. The summed E-state index contributed by atoms with van der Waals surface area (Å²) in [6, 6.07) is 3.68. The van der Waals surface area contributed by atoms with E-state index in [0.717, 1.165) is 41.8 Å². The first-order valence-electron chi connectivity index (χ1n) is 8.42. The zero-order chi connectivity index (χ0) is 17.3. The minimum Gasteiger partial charge on any atom is -0.482 e.